The minimum atomic E-state index is -1.09. The van der Waals surface area contributed by atoms with Crippen molar-refractivity contribution in [2.75, 3.05) is 5.32 Å². The highest BCUT2D eigenvalue weighted by Gasteiger charge is 2.52. The van der Waals surface area contributed by atoms with Crippen LogP contribution in [0, 0.1) is 11.7 Å². The second kappa shape index (κ2) is 4.29. The molecule has 1 fully saturated rings. The number of carboxylic acids is 1. The van der Waals surface area contributed by atoms with Crippen LogP contribution in [-0.4, -0.2) is 22.5 Å². The molecule has 0 aromatic heterocycles. The fourth-order valence-electron chi connectivity index (χ4n) is 2.16. The van der Waals surface area contributed by atoms with Crippen molar-refractivity contribution < 1.29 is 19.1 Å². The van der Waals surface area contributed by atoms with Crippen molar-refractivity contribution in [3.63, 3.8) is 0 Å². The molecule has 2 rings (SSSR count). The quantitative estimate of drug-likeness (QED) is 0.744. The Bertz CT molecular complexity index is 498. The molecule has 96 valence electrons. The highest BCUT2D eigenvalue weighted by atomic mass is 19.1. The molecule has 0 spiro atoms. The van der Waals surface area contributed by atoms with E-state index in [0.717, 1.165) is 0 Å². The zero-order chi connectivity index (χ0) is 13.3. The fourth-order valence-corrected chi connectivity index (χ4v) is 2.16. The van der Waals surface area contributed by atoms with Crippen LogP contribution in [0.2, 0.25) is 0 Å². The summed E-state index contributed by atoms with van der Waals surface area (Å²) in [6.07, 6.45) is 0.238. The lowest BCUT2D eigenvalue weighted by Crippen LogP contribution is -2.60. The molecular weight excluding hydrogens is 239 g/mol. The summed E-state index contributed by atoms with van der Waals surface area (Å²) in [6, 6.07) is 5.61. The molecular formula is C12H13FN2O3. The number of nitrogens with two attached hydrogens (primary N) is 1. The lowest BCUT2D eigenvalue weighted by atomic mass is 9.67. The smallest absolute Gasteiger partial charge is 0.306 e. The van der Waals surface area contributed by atoms with E-state index in [-0.39, 0.29) is 12.8 Å². The molecule has 0 atom stereocenters. The maximum Gasteiger partial charge on any atom is 0.306 e. The topological polar surface area (TPSA) is 92.4 Å². The number of aliphatic carboxylic acids is 1. The Morgan fingerprint density at radius 3 is 2.61 bits per heavy atom. The summed E-state index contributed by atoms with van der Waals surface area (Å²) in [6.45, 7) is 0. The molecule has 1 amide bonds. The minimum Gasteiger partial charge on any atom is -0.481 e. The van der Waals surface area contributed by atoms with Crippen LogP contribution in [0.4, 0.5) is 10.1 Å². The molecule has 1 aromatic carbocycles. The molecule has 0 heterocycles. The summed E-state index contributed by atoms with van der Waals surface area (Å²) in [5.41, 5.74) is 4.62. The first-order valence-electron chi connectivity index (χ1n) is 5.49. The largest absolute Gasteiger partial charge is 0.481 e. The zero-order valence-electron chi connectivity index (χ0n) is 9.52. The van der Waals surface area contributed by atoms with Gasteiger partial charge in [0.2, 0.25) is 5.91 Å². The first kappa shape index (κ1) is 12.3. The Kier molecular flexibility index (Phi) is 2.94. The number of nitrogens with one attached hydrogen (secondary N) is 1. The lowest BCUT2D eigenvalue weighted by molar-refractivity contribution is -0.148. The van der Waals surface area contributed by atoms with E-state index in [0.29, 0.717) is 5.69 Å². The Morgan fingerprint density at radius 1 is 1.44 bits per heavy atom. The van der Waals surface area contributed by atoms with E-state index < -0.39 is 29.2 Å². The number of carbonyl (C=O) groups excluding carboxylic acids is 1. The van der Waals surface area contributed by atoms with Crippen LogP contribution < -0.4 is 11.1 Å². The maximum absolute atomic E-state index is 13.0. The summed E-state index contributed by atoms with van der Waals surface area (Å²) in [4.78, 5) is 22.2. The average Bonchev–Trinajstić information content (AvgIpc) is 2.21. The van der Waals surface area contributed by atoms with Crippen LogP contribution in [0.5, 0.6) is 0 Å². The molecule has 4 N–H and O–H groups in total. The molecule has 1 aliphatic rings. The molecule has 0 saturated heterocycles. The van der Waals surface area contributed by atoms with Gasteiger partial charge in [0.05, 0.1) is 5.92 Å². The third kappa shape index (κ3) is 2.13. The van der Waals surface area contributed by atoms with Gasteiger partial charge in [0.15, 0.2) is 0 Å². The van der Waals surface area contributed by atoms with Crippen LogP contribution in [0.1, 0.15) is 12.8 Å². The third-order valence-corrected chi connectivity index (χ3v) is 3.22. The third-order valence-electron chi connectivity index (χ3n) is 3.22. The summed E-state index contributed by atoms with van der Waals surface area (Å²) in [5.74, 6) is -2.59. The van der Waals surface area contributed by atoms with Crippen LogP contribution in [0.15, 0.2) is 24.3 Å². The Labute approximate surface area is 103 Å². The van der Waals surface area contributed by atoms with E-state index in [2.05, 4.69) is 5.32 Å². The number of rotatable bonds is 4. The number of hydrogen-bond donors (Lipinski definition) is 3. The normalized spacial score (nSPS) is 26.2. The lowest BCUT2D eigenvalue weighted by Gasteiger charge is -2.44. The van der Waals surface area contributed by atoms with Gasteiger partial charge in [-0.1, -0.05) is 6.07 Å². The number of primary amides is 1. The first-order chi connectivity index (χ1) is 8.43. The van der Waals surface area contributed by atoms with Gasteiger partial charge in [-0.3, -0.25) is 9.59 Å². The number of carboxylic acid groups (broad SMARTS) is 1. The van der Waals surface area contributed by atoms with E-state index in [1.807, 2.05) is 0 Å². The number of amides is 1. The SMILES string of the molecule is NC(=O)C1(Nc2cccc(F)c2)CC(C(=O)O)C1. The number of hydrogen-bond acceptors (Lipinski definition) is 3. The van der Waals surface area contributed by atoms with Gasteiger partial charge >= 0.3 is 5.97 Å². The van der Waals surface area contributed by atoms with Crippen molar-refractivity contribution >= 4 is 17.6 Å². The first-order valence-corrected chi connectivity index (χ1v) is 5.49. The van der Waals surface area contributed by atoms with Crippen LogP contribution >= 0.6 is 0 Å². The molecule has 0 unspecified atom stereocenters. The molecule has 0 bridgehead atoms. The number of halogens is 1. The van der Waals surface area contributed by atoms with Crippen molar-refractivity contribution in [3.8, 4) is 0 Å². The molecule has 1 saturated carbocycles. The van der Waals surface area contributed by atoms with Gasteiger partial charge in [0.25, 0.3) is 0 Å². The van der Waals surface area contributed by atoms with Crippen LogP contribution in [-0.2, 0) is 9.59 Å². The number of benzene rings is 1. The predicted molar refractivity (Wildman–Crippen MR) is 62.3 cm³/mol. The van der Waals surface area contributed by atoms with Gasteiger partial charge in [-0.2, -0.15) is 0 Å². The molecule has 18 heavy (non-hydrogen) atoms. The fraction of sp³-hybridized carbons (Fsp3) is 0.333. The molecule has 1 aromatic rings. The van der Waals surface area contributed by atoms with Gasteiger partial charge in [0.1, 0.15) is 11.4 Å². The van der Waals surface area contributed by atoms with Crippen molar-refractivity contribution in [3.05, 3.63) is 30.1 Å². The minimum absolute atomic E-state index is 0.119. The molecule has 0 aliphatic heterocycles. The van der Waals surface area contributed by atoms with Crippen molar-refractivity contribution in [1.82, 2.24) is 0 Å². The monoisotopic (exact) mass is 252 g/mol. The maximum atomic E-state index is 13.0. The summed E-state index contributed by atoms with van der Waals surface area (Å²) < 4.78 is 13.0. The van der Waals surface area contributed by atoms with E-state index in [4.69, 9.17) is 10.8 Å². The Morgan fingerprint density at radius 2 is 2.11 bits per heavy atom. The van der Waals surface area contributed by atoms with E-state index in [1.54, 1.807) is 6.07 Å². The predicted octanol–water partition coefficient (Wildman–Crippen LogP) is 0.956. The molecule has 5 nitrogen and oxygen atoms in total. The second-order valence-corrected chi connectivity index (χ2v) is 4.53. The van der Waals surface area contributed by atoms with Gasteiger partial charge < -0.3 is 16.2 Å². The highest BCUT2D eigenvalue weighted by Crippen LogP contribution is 2.40. The number of carbonyl (C=O) groups is 2. The second-order valence-electron chi connectivity index (χ2n) is 4.53. The van der Waals surface area contributed by atoms with E-state index in [9.17, 15) is 14.0 Å². The Balaban J connectivity index is 2.14. The summed E-state index contributed by atoms with van der Waals surface area (Å²) in [7, 11) is 0. The summed E-state index contributed by atoms with van der Waals surface area (Å²) in [5, 5.41) is 11.7. The summed E-state index contributed by atoms with van der Waals surface area (Å²) >= 11 is 0. The molecule has 6 heteroatoms. The van der Waals surface area contributed by atoms with Crippen LogP contribution in [0.3, 0.4) is 0 Å². The van der Waals surface area contributed by atoms with Gasteiger partial charge in [0, 0.05) is 5.69 Å². The standard InChI is InChI=1S/C12H13FN2O3/c13-8-2-1-3-9(4-8)15-12(11(14)18)5-7(6-12)10(16)17/h1-4,7,15H,5-6H2,(H2,14,18)(H,16,17). The van der Waals surface area contributed by atoms with Gasteiger partial charge in [-0.05, 0) is 31.0 Å². The molecule has 0 radical (unpaired) electrons. The van der Waals surface area contributed by atoms with Crippen molar-refractivity contribution in [2.24, 2.45) is 11.7 Å². The molecule has 1 aliphatic carbocycles. The highest BCUT2D eigenvalue weighted by molar-refractivity contribution is 5.91. The average molecular weight is 252 g/mol. The van der Waals surface area contributed by atoms with Crippen LogP contribution in [0.25, 0.3) is 0 Å². The zero-order valence-corrected chi connectivity index (χ0v) is 9.52. The van der Waals surface area contributed by atoms with E-state index >= 15 is 0 Å². The van der Waals surface area contributed by atoms with Crippen molar-refractivity contribution in [2.45, 2.75) is 18.4 Å². The number of anilines is 1. The van der Waals surface area contributed by atoms with Gasteiger partial charge in [-0.25, -0.2) is 4.39 Å². The van der Waals surface area contributed by atoms with Gasteiger partial charge in [-0.15, -0.1) is 0 Å². The van der Waals surface area contributed by atoms with Crippen molar-refractivity contribution in [1.29, 1.82) is 0 Å². The Hall–Kier alpha value is -2.11. The van der Waals surface area contributed by atoms with E-state index in [1.165, 1.54) is 18.2 Å².